The topological polar surface area (TPSA) is 47.3 Å². The lowest BCUT2D eigenvalue weighted by Crippen LogP contribution is -2.35. The predicted octanol–water partition coefficient (Wildman–Crippen LogP) is 1.21. The fourth-order valence-electron chi connectivity index (χ4n) is 0.733. The van der Waals surface area contributed by atoms with Gasteiger partial charge in [-0.2, -0.15) is 0 Å². The Morgan fingerprint density at radius 2 is 2.08 bits per heavy atom. The van der Waals surface area contributed by atoms with Gasteiger partial charge in [-0.1, -0.05) is 0 Å². The first-order valence-corrected chi connectivity index (χ1v) is 4.19. The van der Waals surface area contributed by atoms with Crippen LogP contribution in [0, 0.1) is 0 Å². The number of hydrogen-bond donors (Lipinski definition) is 2. The molecule has 0 saturated heterocycles. The number of hydrogen-bond acceptors (Lipinski definition) is 3. The molecule has 3 heteroatoms. The van der Waals surface area contributed by atoms with Crippen LogP contribution in [-0.4, -0.2) is 18.2 Å². The third-order valence-electron chi connectivity index (χ3n) is 1.19. The molecule has 0 saturated carbocycles. The highest BCUT2D eigenvalue weighted by Crippen LogP contribution is 2.10. The average molecular weight is 172 g/mol. The number of nitrogens with one attached hydrogen (secondary N) is 1. The Labute approximate surface area is 75.0 Å². The first-order chi connectivity index (χ1) is 5.35. The van der Waals surface area contributed by atoms with Gasteiger partial charge in [-0.3, -0.25) is 0 Å². The van der Waals surface area contributed by atoms with Gasteiger partial charge in [0.25, 0.3) is 0 Å². The van der Waals surface area contributed by atoms with Crippen molar-refractivity contribution in [1.29, 1.82) is 0 Å². The van der Waals surface area contributed by atoms with Crippen LogP contribution in [0.5, 0.6) is 0 Å². The molecule has 0 aliphatic heterocycles. The lowest BCUT2D eigenvalue weighted by atomic mass is 10.2. The molecule has 0 radical (unpaired) electrons. The summed E-state index contributed by atoms with van der Waals surface area (Å²) in [5, 5.41) is 3.04. The molecule has 0 aromatic rings. The van der Waals surface area contributed by atoms with Crippen molar-refractivity contribution in [2.24, 2.45) is 5.73 Å². The Morgan fingerprint density at radius 1 is 1.58 bits per heavy atom. The van der Waals surface area contributed by atoms with Crippen molar-refractivity contribution in [3.63, 3.8) is 0 Å². The molecule has 1 atom stereocenters. The second-order valence-electron chi connectivity index (χ2n) is 3.92. The third kappa shape index (κ3) is 6.04. The molecule has 0 spiro atoms. The summed E-state index contributed by atoms with van der Waals surface area (Å²) in [6, 6.07) is 0.208. The normalized spacial score (nSPS) is 13.8. The highest BCUT2D eigenvalue weighted by Gasteiger charge is 2.12. The molecule has 3 nitrogen and oxygen atoms in total. The smallest absolute Gasteiger partial charge is 0.180 e. The van der Waals surface area contributed by atoms with Crippen molar-refractivity contribution in [1.82, 2.24) is 5.32 Å². The lowest BCUT2D eigenvalue weighted by Gasteiger charge is -2.25. The van der Waals surface area contributed by atoms with Gasteiger partial charge >= 0.3 is 0 Å². The second-order valence-corrected chi connectivity index (χ2v) is 3.92. The van der Waals surface area contributed by atoms with E-state index < -0.39 is 0 Å². The van der Waals surface area contributed by atoms with Crippen LogP contribution < -0.4 is 11.1 Å². The molecule has 0 rings (SSSR count). The minimum atomic E-state index is -0.196. The maximum Gasteiger partial charge on any atom is 0.180 e. The van der Waals surface area contributed by atoms with Crippen LogP contribution in [0.2, 0.25) is 0 Å². The zero-order chi connectivity index (χ0) is 9.78. The summed E-state index contributed by atoms with van der Waals surface area (Å²) in [5.74, 6) is 0.584. The Kier molecular flexibility index (Phi) is 4.10. The van der Waals surface area contributed by atoms with E-state index >= 15 is 0 Å². The van der Waals surface area contributed by atoms with E-state index in [1.165, 1.54) is 0 Å². The van der Waals surface area contributed by atoms with E-state index in [2.05, 4.69) is 11.9 Å². The summed E-state index contributed by atoms with van der Waals surface area (Å²) in [6.45, 7) is 12.2. The predicted molar refractivity (Wildman–Crippen MR) is 51.6 cm³/mol. The van der Waals surface area contributed by atoms with Crippen LogP contribution in [0.25, 0.3) is 0 Å². The van der Waals surface area contributed by atoms with Crippen LogP contribution in [0.3, 0.4) is 0 Å². The maximum atomic E-state index is 5.45. The lowest BCUT2D eigenvalue weighted by molar-refractivity contribution is 0.0392. The molecule has 0 aliphatic carbocycles. The molecule has 0 aromatic carbocycles. The second kappa shape index (κ2) is 4.36. The maximum absolute atomic E-state index is 5.45. The summed E-state index contributed by atoms with van der Waals surface area (Å²) < 4.78 is 5.45. The Balaban J connectivity index is 3.75. The van der Waals surface area contributed by atoms with Gasteiger partial charge in [0, 0.05) is 12.6 Å². The summed E-state index contributed by atoms with van der Waals surface area (Å²) >= 11 is 0. The minimum Gasteiger partial charge on any atom is -0.474 e. The average Bonchev–Trinajstić information content (AvgIpc) is 1.82. The van der Waals surface area contributed by atoms with E-state index in [4.69, 9.17) is 10.5 Å². The number of nitrogens with two attached hydrogens (primary N) is 1. The van der Waals surface area contributed by atoms with Crippen LogP contribution in [0.1, 0.15) is 27.7 Å². The molecule has 0 aliphatic rings. The first kappa shape index (κ1) is 11.3. The van der Waals surface area contributed by atoms with Crippen molar-refractivity contribution in [2.45, 2.75) is 39.3 Å². The monoisotopic (exact) mass is 172 g/mol. The molecule has 0 heterocycles. The van der Waals surface area contributed by atoms with Crippen LogP contribution in [0.4, 0.5) is 0 Å². The Bertz CT molecular complexity index is 149. The van der Waals surface area contributed by atoms with Crippen LogP contribution >= 0.6 is 0 Å². The molecule has 0 aromatic heterocycles. The van der Waals surface area contributed by atoms with E-state index in [9.17, 15) is 0 Å². The van der Waals surface area contributed by atoms with Gasteiger partial charge in [0.15, 0.2) is 5.88 Å². The summed E-state index contributed by atoms with van der Waals surface area (Å²) in [5.41, 5.74) is 5.23. The summed E-state index contributed by atoms with van der Waals surface area (Å²) in [7, 11) is 0. The SMILES string of the molecule is C=C(N[C@@H](C)CN)OC(C)(C)C. The highest BCUT2D eigenvalue weighted by atomic mass is 16.5. The molecule has 3 N–H and O–H groups in total. The highest BCUT2D eigenvalue weighted by molar-refractivity contribution is 4.85. The van der Waals surface area contributed by atoms with Crippen LogP contribution in [0.15, 0.2) is 12.5 Å². The standard InChI is InChI=1S/C9H20N2O/c1-7(6-10)11-8(2)12-9(3,4)5/h7,11H,2,6,10H2,1,3-5H3/t7-/m0/s1. The zero-order valence-electron chi connectivity index (χ0n) is 8.48. The minimum absolute atomic E-state index is 0.196. The number of rotatable bonds is 4. The quantitative estimate of drug-likeness (QED) is 0.627. The van der Waals surface area contributed by atoms with Gasteiger partial charge < -0.3 is 15.8 Å². The molecule has 72 valence electrons. The van der Waals surface area contributed by atoms with Crippen molar-refractivity contribution in [3.05, 3.63) is 12.5 Å². The van der Waals surface area contributed by atoms with Gasteiger partial charge in [0.1, 0.15) is 5.60 Å². The fraction of sp³-hybridized carbons (Fsp3) is 0.778. The van der Waals surface area contributed by atoms with Crippen LogP contribution in [-0.2, 0) is 4.74 Å². The summed E-state index contributed by atoms with van der Waals surface area (Å²) in [4.78, 5) is 0. The Hall–Kier alpha value is -0.700. The fourth-order valence-corrected chi connectivity index (χ4v) is 0.733. The van der Waals surface area contributed by atoms with Gasteiger partial charge in [-0.25, -0.2) is 0 Å². The van der Waals surface area contributed by atoms with Gasteiger partial charge in [0.05, 0.1) is 0 Å². The largest absolute Gasteiger partial charge is 0.474 e. The van der Waals surface area contributed by atoms with E-state index in [1.807, 2.05) is 27.7 Å². The molecule has 0 bridgehead atoms. The first-order valence-electron chi connectivity index (χ1n) is 4.19. The molecular weight excluding hydrogens is 152 g/mol. The molecule has 0 amide bonds. The molecule has 12 heavy (non-hydrogen) atoms. The number of ether oxygens (including phenoxy) is 1. The van der Waals surface area contributed by atoms with Gasteiger partial charge in [-0.15, -0.1) is 0 Å². The van der Waals surface area contributed by atoms with Crippen molar-refractivity contribution >= 4 is 0 Å². The van der Waals surface area contributed by atoms with E-state index in [1.54, 1.807) is 0 Å². The van der Waals surface area contributed by atoms with E-state index in [0.717, 1.165) is 0 Å². The van der Waals surface area contributed by atoms with Gasteiger partial charge in [0.2, 0.25) is 0 Å². The zero-order valence-corrected chi connectivity index (χ0v) is 8.48. The molecular formula is C9H20N2O. The van der Waals surface area contributed by atoms with E-state index in [0.29, 0.717) is 12.4 Å². The summed E-state index contributed by atoms with van der Waals surface area (Å²) in [6.07, 6.45) is 0. The van der Waals surface area contributed by atoms with E-state index in [-0.39, 0.29) is 11.6 Å². The van der Waals surface area contributed by atoms with Gasteiger partial charge in [-0.05, 0) is 34.3 Å². The van der Waals surface area contributed by atoms with Crippen molar-refractivity contribution < 1.29 is 4.74 Å². The van der Waals surface area contributed by atoms with Crippen molar-refractivity contribution in [3.8, 4) is 0 Å². The third-order valence-corrected chi connectivity index (χ3v) is 1.19. The Morgan fingerprint density at radius 3 is 2.42 bits per heavy atom. The molecule has 0 unspecified atom stereocenters. The van der Waals surface area contributed by atoms with Crippen molar-refractivity contribution in [2.75, 3.05) is 6.54 Å². The molecule has 0 fully saturated rings.